The summed E-state index contributed by atoms with van der Waals surface area (Å²) < 4.78 is 5.44. The Morgan fingerprint density at radius 1 is 1.11 bits per heavy atom. The third-order valence-electron chi connectivity index (χ3n) is 5.58. The fourth-order valence-corrected chi connectivity index (χ4v) is 3.91. The Morgan fingerprint density at radius 2 is 1.93 bits per heavy atom. The summed E-state index contributed by atoms with van der Waals surface area (Å²) in [5.41, 5.74) is 2.69. The van der Waals surface area contributed by atoms with Gasteiger partial charge in [0.25, 0.3) is 5.91 Å². The van der Waals surface area contributed by atoms with E-state index in [1.54, 1.807) is 24.1 Å². The maximum Gasteiger partial charge on any atom is 0.321 e. The van der Waals surface area contributed by atoms with Crippen molar-refractivity contribution >= 4 is 23.3 Å². The van der Waals surface area contributed by atoms with Crippen LogP contribution in [0.1, 0.15) is 30.7 Å². The normalized spacial score (nSPS) is 19.5. The van der Waals surface area contributed by atoms with Crippen LogP contribution in [0.15, 0.2) is 48.5 Å². The number of carbonyl (C=O) groups excluding carboxylic acids is 2. The molecule has 2 heterocycles. The second kappa shape index (κ2) is 7.92. The molecule has 6 nitrogen and oxygen atoms in total. The molecule has 0 aromatic heterocycles. The Balaban J connectivity index is 1.41. The van der Waals surface area contributed by atoms with Crippen molar-refractivity contribution in [1.82, 2.24) is 4.90 Å². The number of anilines is 2. The van der Waals surface area contributed by atoms with Crippen LogP contribution >= 0.6 is 0 Å². The molecule has 0 bridgehead atoms. The van der Waals surface area contributed by atoms with Gasteiger partial charge < -0.3 is 19.9 Å². The smallest absolute Gasteiger partial charge is 0.321 e. The summed E-state index contributed by atoms with van der Waals surface area (Å²) in [6.45, 7) is 1.53. The lowest BCUT2D eigenvalue weighted by molar-refractivity contribution is -0.120. The van der Waals surface area contributed by atoms with Crippen LogP contribution in [0.3, 0.4) is 0 Å². The summed E-state index contributed by atoms with van der Waals surface area (Å²) in [6.07, 6.45) is 3.05. The molecule has 2 aromatic carbocycles. The largest absolute Gasteiger partial charge is 0.482 e. The molecule has 2 aliphatic rings. The van der Waals surface area contributed by atoms with Gasteiger partial charge in [0.2, 0.25) is 0 Å². The minimum Gasteiger partial charge on any atom is -0.482 e. The lowest BCUT2D eigenvalue weighted by atomic mass is 9.92. The van der Waals surface area contributed by atoms with Gasteiger partial charge in [-0.15, -0.1) is 0 Å². The SMILES string of the molecule is CN1C(=O)COc2ccc(NC(=O)N3CCC[C@H](c4ccccc4)CC3)cc21. The number of amides is 3. The first kappa shape index (κ1) is 18.3. The van der Waals surface area contributed by atoms with Crippen LogP contribution in [0, 0.1) is 0 Å². The number of fused-ring (bicyclic) bond motifs is 1. The first-order valence-electron chi connectivity index (χ1n) is 9.76. The van der Waals surface area contributed by atoms with Crippen LogP contribution in [0.2, 0.25) is 0 Å². The molecule has 2 aliphatic heterocycles. The first-order chi connectivity index (χ1) is 13.6. The third-order valence-corrected chi connectivity index (χ3v) is 5.58. The number of hydrogen-bond donors (Lipinski definition) is 1. The second-order valence-corrected chi connectivity index (χ2v) is 7.38. The summed E-state index contributed by atoms with van der Waals surface area (Å²) in [5.74, 6) is 1.05. The Labute approximate surface area is 165 Å². The van der Waals surface area contributed by atoms with Gasteiger partial charge in [-0.3, -0.25) is 4.79 Å². The van der Waals surface area contributed by atoms with Gasteiger partial charge in [-0.25, -0.2) is 4.79 Å². The van der Waals surface area contributed by atoms with Crippen molar-refractivity contribution in [2.75, 3.05) is 37.0 Å². The number of nitrogens with one attached hydrogen (secondary N) is 1. The molecule has 4 rings (SSSR count). The monoisotopic (exact) mass is 379 g/mol. The molecule has 1 N–H and O–H groups in total. The van der Waals surface area contributed by atoms with Gasteiger partial charge in [0.05, 0.1) is 5.69 Å². The summed E-state index contributed by atoms with van der Waals surface area (Å²) in [4.78, 5) is 28.1. The molecule has 146 valence electrons. The van der Waals surface area contributed by atoms with Gasteiger partial charge in [0.15, 0.2) is 6.61 Å². The van der Waals surface area contributed by atoms with E-state index < -0.39 is 0 Å². The maximum atomic E-state index is 12.8. The summed E-state index contributed by atoms with van der Waals surface area (Å²) >= 11 is 0. The number of urea groups is 1. The van der Waals surface area contributed by atoms with Gasteiger partial charge in [0, 0.05) is 25.8 Å². The number of rotatable bonds is 2. The molecule has 0 aliphatic carbocycles. The zero-order valence-corrected chi connectivity index (χ0v) is 16.1. The summed E-state index contributed by atoms with van der Waals surface area (Å²) in [7, 11) is 1.72. The molecule has 2 aromatic rings. The highest BCUT2D eigenvalue weighted by atomic mass is 16.5. The van der Waals surface area contributed by atoms with E-state index in [4.69, 9.17) is 4.74 Å². The zero-order chi connectivity index (χ0) is 19.5. The molecule has 6 heteroatoms. The van der Waals surface area contributed by atoms with Crippen molar-refractivity contribution < 1.29 is 14.3 Å². The molecule has 3 amide bonds. The minimum absolute atomic E-state index is 0.0472. The van der Waals surface area contributed by atoms with Crippen molar-refractivity contribution in [2.24, 2.45) is 0 Å². The number of nitrogens with zero attached hydrogens (tertiary/aromatic N) is 2. The fraction of sp³-hybridized carbons (Fsp3) is 0.364. The second-order valence-electron chi connectivity index (χ2n) is 7.38. The number of carbonyl (C=O) groups is 2. The van der Waals surface area contributed by atoms with E-state index in [9.17, 15) is 9.59 Å². The molecule has 28 heavy (non-hydrogen) atoms. The van der Waals surface area contributed by atoms with E-state index in [1.807, 2.05) is 17.0 Å². The van der Waals surface area contributed by atoms with Gasteiger partial charge in [-0.2, -0.15) is 0 Å². The molecule has 1 atom stereocenters. The molecule has 0 unspecified atom stereocenters. The van der Waals surface area contributed by atoms with Crippen LogP contribution in [0.4, 0.5) is 16.2 Å². The van der Waals surface area contributed by atoms with Crippen LogP contribution in [0.25, 0.3) is 0 Å². The fourth-order valence-electron chi connectivity index (χ4n) is 3.91. The van der Waals surface area contributed by atoms with Gasteiger partial charge in [0.1, 0.15) is 5.75 Å². The molecular formula is C22H25N3O3. The third kappa shape index (κ3) is 3.81. The zero-order valence-electron chi connectivity index (χ0n) is 16.1. The van der Waals surface area contributed by atoms with Crippen LogP contribution in [0.5, 0.6) is 5.75 Å². The van der Waals surface area contributed by atoms with Crippen LogP contribution < -0.4 is 15.0 Å². The predicted octanol–water partition coefficient (Wildman–Crippen LogP) is 3.84. The van der Waals surface area contributed by atoms with E-state index in [1.165, 1.54) is 5.56 Å². The summed E-state index contributed by atoms with van der Waals surface area (Å²) in [5, 5.41) is 2.97. The highest BCUT2D eigenvalue weighted by molar-refractivity contribution is 5.99. The van der Waals surface area contributed by atoms with E-state index >= 15 is 0 Å². The van der Waals surface area contributed by atoms with Gasteiger partial charge >= 0.3 is 6.03 Å². The quantitative estimate of drug-likeness (QED) is 0.862. The average Bonchev–Trinajstić information content (AvgIpc) is 2.98. The molecule has 1 saturated heterocycles. The number of benzene rings is 2. The first-order valence-corrected chi connectivity index (χ1v) is 9.76. The molecule has 0 radical (unpaired) electrons. The molecule has 0 spiro atoms. The van der Waals surface area contributed by atoms with Gasteiger partial charge in [-0.1, -0.05) is 30.3 Å². The van der Waals surface area contributed by atoms with Crippen molar-refractivity contribution in [2.45, 2.75) is 25.2 Å². The Hall–Kier alpha value is -3.02. The van der Waals surface area contributed by atoms with E-state index in [2.05, 4.69) is 29.6 Å². The van der Waals surface area contributed by atoms with E-state index in [0.717, 1.165) is 32.4 Å². The Bertz CT molecular complexity index is 869. The number of likely N-dealkylation sites (N-methyl/N-ethyl adjacent to an activating group) is 1. The van der Waals surface area contributed by atoms with Crippen molar-refractivity contribution in [3.05, 3.63) is 54.1 Å². The lowest BCUT2D eigenvalue weighted by Crippen LogP contribution is -2.36. The number of ether oxygens (including phenoxy) is 1. The highest BCUT2D eigenvalue weighted by Gasteiger charge is 2.24. The number of likely N-dealkylation sites (tertiary alicyclic amines) is 1. The Morgan fingerprint density at radius 3 is 2.75 bits per heavy atom. The average molecular weight is 379 g/mol. The molecule has 0 saturated carbocycles. The van der Waals surface area contributed by atoms with Crippen LogP contribution in [-0.4, -0.2) is 43.6 Å². The topological polar surface area (TPSA) is 61.9 Å². The minimum atomic E-state index is -0.101. The lowest BCUT2D eigenvalue weighted by Gasteiger charge is -2.27. The van der Waals surface area contributed by atoms with E-state index in [-0.39, 0.29) is 18.5 Å². The maximum absolute atomic E-state index is 12.8. The molecular weight excluding hydrogens is 354 g/mol. The van der Waals surface area contributed by atoms with Crippen molar-refractivity contribution in [1.29, 1.82) is 0 Å². The predicted molar refractivity (Wildman–Crippen MR) is 109 cm³/mol. The summed E-state index contributed by atoms with van der Waals surface area (Å²) in [6, 6.07) is 15.8. The van der Waals surface area contributed by atoms with E-state index in [0.29, 0.717) is 23.0 Å². The van der Waals surface area contributed by atoms with Crippen molar-refractivity contribution in [3.63, 3.8) is 0 Å². The standard InChI is InChI=1S/C22H25N3O3/c1-24-19-14-18(9-10-20(19)28-15-21(24)26)23-22(27)25-12-5-8-17(11-13-25)16-6-3-2-4-7-16/h2-4,6-7,9-10,14,17H,5,8,11-13,15H2,1H3,(H,23,27)/t17-/m0/s1. The van der Waals surface area contributed by atoms with Gasteiger partial charge in [-0.05, 0) is 48.9 Å². The molecule has 1 fully saturated rings. The highest BCUT2D eigenvalue weighted by Crippen LogP contribution is 2.34. The van der Waals surface area contributed by atoms with Crippen LogP contribution in [-0.2, 0) is 4.79 Å². The van der Waals surface area contributed by atoms with Crippen molar-refractivity contribution in [3.8, 4) is 5.75 Å². The number of hydrogen-bond acceptors (Lipinski definition) is 3. The Kier molecular flexibility index (Phi) is 5.19.